The summed E-state index contributed by atoms with van der Waals surface area (Å²) in [6, 6.07) is 3.19. The Hall–Kier alpha value is -1.51. The number of nitrogens with zero attached hydrogens (tertiary/aromatic N) is 2. The van der Waals surface area contributed by atoms with Crippen molar-refractivity contribution in [3.63, 3.8) is 0 Å². The maximum absolute atomic E-state index is 11.8. The monoisotopic (exact) mass is 314 g/mol. The quantitative estimate of drug-likeness (QED) is 0.566. The second kappa shape index (κ2) is 6.50. The zero-order valence-corrected chi connectivity index (χ0v) is 12.7. The summed E-state index contributed by atoms with van der Waals surface area (Å²) in [5, 5.41) is 0. The minimum atomic E-state index is -3.55. The highest BCUT2D eigenvalue weighted by Gasteiger charge is 2.39. The molecule has 1 saturated heterocycles. The Labute approximate surface area is 124 Å². The third kappa shape index (κ3) is 4.48. The van der Waals surface area contributed by atoms with Crippen LogP contribution in [-0.4, -0.2) is 56.3 Å². The van der Waals surface area contributed by atoms with Crippen LogP contribution >= 0.6 is 0 Å². The first-order chi connectivity index (χ1) is 9.89. The second-order valence-corrected chi connectivity index (χ2v) is 6.59. The van der Waals surface area contributed by atoms with Gasteiger partial charge >= 0.3 is 5.97 Å². The van der Waals surface area contributed by atoms with E-state index in [1.165, 1.54) is 7.11 Å². The predicted octanol–water partition coefficient (Wildman–Crippen LogP) is 0.174. The standard InChI is InChI=1S/C13H18N2O5S/c1-19-13(16)12-6-11(20-21(2,17)18)9-15(12)8-10-4-3-5-14-7-10/h3-5,7,11-12H,6,8-9H2,1-2H3/t11-,12+/m1/s1. The van der Waals surface area contributed by atoms with Crippen LogP contribution in [0, 0.1) is 0 Å². The third-order valence-electron chi connectivity index (χ3n) is 3.26. The van der Waals surface area contributed by atoms with E-state index in [-0.39, 0.29) is 0 Å². The van der Waals surface area contributed by atoms with Gasteiger partial charge in [-0.1, -0.05) is 6.07 Å². The van der Waals surface area contributed by atoms with Crippen molar-refractivity contribution in [2.75, 3.05) is 19.9 Å². The van der Waals surface area contributed by atoms with Crippen LogP contribution in [0.4, 0.5) is 0 Å². The van der Waals surface area contributed by atoms with Crippen LogP contribution in [0.3, 0.4) is 0 Å². The lowest BCUT2D eigenvalue weighted by molar-refractivity contribution is -0.146. The summed E-state index contributed by atoms with van der Waals surface area (Å²) in [5.74, 6) is -0.390. The molecule has 0 radical (unpaired) electrons. The van der Waals surface area contributed by atoms with Crippen molar-refractivity contribution in [1.29, 1.82) is 0 Å². The molecule has 7 nitrogen and oxygen atoms in total. The second-order valence-electron chi connectivity index (χ2n) is 4.99. The number of likely N-dealkylation sites (tertiary alicyclic amines) is 1. The normalized spacial score (nSPS) is 23.1. The van der Waals surface area contributed by atoms with Crippen molar-refractivity contribution in [2.24, 2.45) is 0 Å². The molecule has 0 bridgehead atoms. The number of methoxy groups -OCH3 is 1. The molecule has 2 heterocycles. The van der Waals surface area contributed by atoms with E-state index in [1.807, 2.05) is 17.0 Å². The minimum absolute atomic E-state index is 0.292. The number of pyridine rings is 1. The van der Waals surface area contributed by atoms with Gasteiger partial charge in [-0.3, -0.25) is 18.9 Å². The maximum atomic E-state index is 11.8. The smallest absolute Gasteiger partial charge is 0.323 e. The average Bonchev–Trinajstić information content (AvgIpc) is 2.79. The van der Waals surface area contributed by atoms with Crippen molar-refractivity contribution in [2.45, 2.75) is 25.1 Å². The summed E-state index contributed by atoms with van der Waals surface area (Å²) >= 11 is 0. The van der Waals surface area contributed by atoms with Gasteiger partial charge in [0.05, 0.1) is 19.5 Å². The topological polar surface area (TPSA) is 85.8 Å². The van der Waals surface area contributed by atoms with Crippen LogP contribution in [0.2, 0.25) is 0 Å². The molecule has 0 unspecified atom stereocenters. The van der Waals surface area contributed by atoms with Gasteiger partial charge in [0, 0.05) is 31.9 Å². The molecule has 0 amide bonds. The molecule has 116 valence electrons. The summed E-state index contributed by atoms with van der Waals surface area (Å²) in [6.07, 6.45) is 4.13. The highest BCUT2D eigenvalue weighted by Crippen LogP contribution is 2.24. The number of hydrogen-bond donors (Lipinski definition) is 0. The Bertz CT molecular complexity index is 590. The van der Waals surface area contributed by atoms with E-state index in [9.17, 15) is 13.2 Å². The molecule has 2 rings (SSSR count). The SMILES string of the molecule is COC(=O)[C@@H]1C[C@@H](OS(C)(=O)=O)CN1Cc1cccnc1. The highest BCUT2D eigenvalue weighted by molar-refractivity contribution is 7.86. The molecule has 0 spiro atoms. The molecule has 1 aliphatic rings. The van der Waals surface area contributed by atoms with E-state index in [0.717, 1.165) is 11.8 Å². The van der Waals surface area contributed by atoms with Crippen LogP contribution in [0.5, 0.6) is 0 Å². The largest absolute Gasteiger partial charge is 0.468 e. The van der Waals surface area contributed by atoms with Crippen molar-refractivity contribution >= 4 is 16.1 Å². The molecule has 0 aliphatic carbocycles. The Morgan fingerprint density at radius 2 is 2.29 bits per heavy atom. The molecular weight excluding hydrogens is 296 g/mol. The van der Waals surface area contributed by atoms with Gasteiger partial charge in [-0.25, -0.2) is 0 Å². The lowest BCUT2D eigenvalue weighted by Gasteiger charge is -2.21. The lowest BCUT2D eigenvalue weighted by Crippen LogP contribution is -2.36. The van der Waals surface area contributed by atoms with Crippen LogP contribution < -0.4 is 0 Å². The van der Waals surface area contributed by atoms with Gasteiger partial charge in [-0.2, -0.15) is 8.42 Å². The number of aromatic nitrogens is 1. The van der Waals surface area contributed by atoms with Gasteiger partial charge in [0.15, 0.2) is 0 Å². The number of carbonyl (C=O) groups excluding carboxylic acids is 1. The average molecular weight is 314 g/mol. The van der Waals surface area contributed by atoms with E-state index >= 15 is 0 Å². The van der Waals surface area contributed by atoms with Gasteiger partial charge < -0.3 is 4.74 Å². The summed E-state index contributed by atoms with van der Waals surface area (Å²) < 4.78 is 32.2. The first kappa shape index (κ1) is 15.9. The van der Waals surface area contributed by atoms with Crippen LogP contribution in [-0.2, 0) is 30.4 Å². The fourth-order valence-corrected chi connectivity index (χ4v) is 3.09. The molecule has 0 aromatic carbocycles. The van der Waals surface area contributed by atoms with Crippen LogP contribution in [0.15, 0.2) is 24.5 Å². The predicted molar refractivity (Wildman–Crippen MR) is 74.8 cm³/mol. The van der Waals surface area contributed by atoms with Crippen LogP contribution in [0.1, 0.15) is 12.0 Å². The fourth-order valence-electron chi connectivity index (χ4n) is 2.46. The summed E-state index contributed by atoms with van der Waals surface area (Å²) in [7, 11) is -2.24. The Morgan fingerprint density at radius 1 is 1.52 bits per heavy atom. The van der Waals surface area contributed by atoms with E-state index < -0.39 is 28.2 Å². The molecule has 1 aromatic heterocycles. The Balaban J connectivity index is 2.11. The molecule has 1 aliphatic heterocycles. The zero-order chi connectivity index (χ0) is 15.5. The molecule has 2 atom stereocenters. The minimum Gasteiger partial charge on any atom is -0.468 e. The van der Waals surface area contributed by atoms with Crippen molar-refractivity contribution in [3.8, 4) is 0 Å². The molecule has 21 heavy (non-hydrogen) atoms. The Morgan fingerprint density at radius 3 is 2.86 bits per heavy atom. The molecule has 1 aromatic rings. The molecule has 0 N–H and O–H groups in total. The van der Waals surface area contributed by atoms with E-state index in [1.54, 1.807) is 12.4 Å². The maximum Gasteiger partial charge on any atom is 0.323 e. The first-order valence-electron chi connectivity index (χ1n) is 6.48. The Kier molecular flexibility index (Phi) is 4.92. The van der Waals surface area contributed by atoms with Gasteiger partial charge in [0.25, 0.3) is 10.1 Å². The van der Waals surface area contributed by atoms with Crippen molar-refractivity contribution in [3.05, 3.63) is 30.1 Å². The van der Waals surface area contributed by atoms with Crippen molar-refractivity contribution in [1.82, 2.24) is 9.88 Å². The summed E-state index contributed by atoms with van der Waals surface area (Å²) in [4.78, 5) is 17.7. The lowest BCUT2D eigenvalue weighted by atomic mass is 10.2. The number of hydrogen-bond acceptors (Lipinski definition) is 7. The van der Waals surface area contributed by atoms with Gasteiger partial charge in [0.1, 0.15) is 6.04 Å². The van der Waals surface area contributed by atoms with E-state index in [4.69, 9.17) is 8.92 Å². The van der Waals surface area contributed by atoms with Gasteiger partial charge in [-0.05, 0) is 11.6 Å². The van der Waals surface area contributed by atoms with Gasteiger partial charge in [-0.15, -0.1) is 0 Å². The number of ether oxygens (including phenoxy) is 1. The summed E-state index contributed by atoms with van der Waals surface area (Å²) in [6.45, 7) is 0.832. The van der Waals surface area contributed by atoms with Crippen molar-refractivity contribution < 1.29 is 22.1 Å². The van der Waals surface area contributed by atoms with E-state index in [0.29, 0.717) is 19.5 Å². The van der Waals surface area contributed by atoms with Gasteiger partial charge in [0.2, 0.25) is 0 Å². The summed E-state index contributed by atoms with van der Waals surface area (Å²) in [5.41, 5.74) is 0.936. The molecule has 8 heteroatoms. The number of rotatable bonds is 5. The highest BCUT2D eigenvalue weighted by atomic mass is 32.2. The molecular formula is C13H18N2O5S. The third-order valence-corrected chi connectivity index (χ3v) is 3.88. The molecule has 0 saturated carbocycles. The first-order valence-corrected chi connectivity index (χ1v) is 8.29. The van der Waals surface area contributed by atoms with Crippen LogP contribution in [0.25, 0.3) is 0 Å². The number of carbonyl (C=O) groups is 1. The fraction of sp³-hybridized carbons (Fsp3) is 0.538. The zero-order valence-electron chi connectivity index (χ0n) is 11.9. The van der Waals surface area contributed by atoms with E-state index in [2.05, 4.69) is 4.98 Å². The number of esters is 1. The molecule has 1 fully saturated rings.